The Morgan fingerprint density at radius 3 is 1.21 bits per heavy atom. The quantitative estimate of drug-likeness (QED) is 0.589. The molecular formula is C8H20ClO4P. The van der Waals surface area contributed by atoms with Crippen LogP contribution in [-0.4, -0.2) is 24.6 Å². The Kier molecular flexibility index (Phi) is 4.79. The normalized spacial score (nSPS) is 16.4. The van der Waals surface area contributed by atoms with Gasteiger partial charge < -0.3 is 0 Å². The van der Waals surface area contributed by atoms with E-state index in [-0.39, 0.29) is 0 Å². The third-order valence-electron chi connectivity index (χ3n) is 3.48. The molecule has 0 fully saturated rings. The van der Waals surface area contributed by atoms with Crippen LogP contribution in [-0.2, 0) is 4.08 Å². The van der Waals surface area contributed by atoms with Gasteiger partial charge in [-0.1, -0.05) is 0 Å². The van der Waals surface area contributed by atoms with Gasteiger partial charge in [-0.2, -0.15) is 0 Å². The molecule has 0 radical (unpaired) electrons. The second-order valence-corrected chi connectivity index (χ2v) is 11.1. The first kappa shape index (κ1) is 14.6. The monoisotopic (exact) mass is 246 g/mol. The van der Waals surface area contributed by atoms with Crippen LogP contribution in [0.1, 0.15) is 27.7 Å². The summed E-state index contributed by atoms with van der Waals surface area (Å²) in [5.41, 5.74) is 0. The van der Waals surface area contributed by atoms with Gasteiger partial charge in [0, 0.05) is 0 Å². The van der Waals surface area contributed by atoms with E-state index >= 15 is 0 Å². The molecule has 0 aromatic carbocycles. The molecule has 0 heterocycles. The molecule has 4 nitrogen and oxygen atoms in total. The van der Waals surface area contributed by atoms with Crippen molar-refractivity contribution < 1.29 is 28.3 Å². The summed E-state index contributed by atoms with van der Waals surface area (Å²) in [5, 5.41) is 0. The summed E-state index contributed by atoms with van der Waals surface area (Å²) in [6.07, 6.45) is 2.57. The van der Waals surface area contributed by atoms with Gasteiger partial charge in [-0.3, -0.25) is 0 Å². The van der Waals surface area contributed by atoms with Gasteiger partial charge in [-0.25, -0.2) is 0 Å². The molecule has 0 rings (SSSR count). The van der Waals surface area contributed by atoms with Crippen molar-refractivity contribution >= 4 is 6.83 Å². The molecule has 6 heteroatoms. The Morgan fingerprint density at radius 2 is 1.14 bits per heavy atom. The van der Waals surface area contributed by atoms with Crippen LogP contribution in [0.3, 0.4) is 0 Å². The van der Waals surface area contributed by atoms with Crippen LogP contribution in [0.4, 0.5) is 0 Å². The van der Waals surface area contributed by atoms with Crippen molar-refractivity contribution in [3.63, 3.8) is 0 Å². The summed E-state index contributed by atoms with van der Waals surface area (Å²) >= 11 is 0. The maximum absolute atomic E-state index is 10.7. The maximum atomic E-state index is 10.7. The summed E-state index contributed by atoms with van der Waals surface area (Å²) in [6, 6.07) is 0. The molecule has 0 atom stereocenters. The molecule has 14 heavy (non-hydrogen) atoms. The van der Waals surface area contributed by atoms with E-state index in [4.69, 9.17) is 4.08 Å². The molecule has 0 aliphatic carbocycles. The Balaban J connectivity index is 5.04. The van der Waals surface area contributed by atoms with Gasteiger partial charge >= 0.3 is 87.5 Å². The van der Waals surface area contributed by atoms with Gasteiger partial charge in [-0.05, 0) is 0 Å². The molecule has 0 aromatic rings. The second kappa shape index (κ2) is 4.60. The van der Waals surface area contributed by atoms with E-state index in [0.29, 0.717) is 24.6 Å². The van der Waals surface area contributed by atoms with Crippen LogP contribution >= 0.6 is 6.83 Å². The molecule has 0 aliphatic heterocycles. The Morgan fingerprint density at radius 1 is 0.857 bits per heavy atom. The standard InChI is InChI=1S/C8H20ClO4P/c1-5-14(6-2,7-3,8-4)13-9(10,11)12/h5-8H2,1-4H3. The summed E-state index contributed by atoms with van der Waals surface area (Å²) in [7, 11) is -4.30. The topological polar surface area (TPSA) is 78.4 Å². The average Bonchev–Trinajstić information content (AvgIpc) is 2.14. The van der Waals surface area contributed by atoms with Crippen LogP contribution in [0.25, 0.3) is 0 Å². The van der Waals surface area contributed by atoms with E-state index in [1.807, 2.05) is 27.7 Å². The van der Waals surface area contributed by atoms with Crippen molar-refractivity contribution in [2.24, 2.45) is 0 Å². The summed E-state index contributed by atoms with van der Waals surface area (Å²) < 4.78 is 37.1. The molecule has 88 valence electrons. The summed E-state index contributed by atoms with van der Waals surface area (Å²) in [5.74, 6) is 0. The first-order valence-electron chi connectivity index (χ1n) is 4.89. The fourth-order valence-electron chi connectivity index (χ4n) is 1.78. The van der Waals surface area contributed by atoms with Crippen molar-refractivity contribution in [2.45, 2.75) is 27.7 Å². The van der Waals surface area contributed by atoms with Crippen LogP contribution < -0.4 is 14.0 Å². The van der Waals surface area contributed by atoms with E-state index in [1.54, 1.807) is 0 Å². The fraction of sp³-hybridized carbons (Fsp3) is 1.00. The van der Waals surface area contributed by atoms with E-state index in [1.165, 1.54) is 0 Å². The Bertz CT molecular complexity index is 165. The third kappa shape index (κ3) is 3.02. The van der Waals surface area contributed by atoms with Crippen molar-refractivity contribution in [2.75, 3.05) is 24.6 Å². The van der Waals surface area contributed by atoms with Crippen LogP contribution in [0.2, 0.25) is 0 Å². The van der Waals surface area contributed by atoms with Crippen LogP contribution in [0.5, 0.6) is 0 Å². The molecule has 0 N–H and O–H groups in total. The van der Waals surface area contributed by atoms with Gasteiger partial charge in [0.1, 0.15) is 0 Å². The van der Waals surface area contributed by atoms with Gasteiger partial charge in [0.2, 0.25) is 0 Å². The molecule has 0 unspecified atom stereocenters. The average molecular weight is 247 g/mol. The molecule has 0 saturated carbocycles. The van der Waals surface area contributed by atoms with Crippen molar-refractivity contribution in [3.05, 3.63) is 0 Å². The predicted octanol–water partition coefficient (Wildman–Crippen LogP) is -0.552. The summed E-state index contributed by atoms with van der Waals surface area (Å²) in [6.45, 7) is 4.83. The van der Waals surface area contributed by atoms with Gasteiger partial charge in [0.15, 0.2) is 0 Å². The summed E-state index contributed by atoms with van der Waals surface area (Å²) in [4.78, 5) is 0. The zero-order valence-electron chi connectivity index (χ0n) is 9.29. The number of hydrogen-bond acceptors (Lipinski definition) is 4. The third-order valence-corrected chi connectivity index (χ3v) is 12.1. The number of hydrogen-bond donors (Lipinski definition) is 0. The van der Waals surface area contributed by atoms with E-state index in [0.717, 1.165) is 0 Å². The number of rotatable bonds is 6. The second-order valence-electron chi connectivity index (χ2n) is 3.57. The first-order chi connectivity index (χ1) is 6.26. The zero-order chi connectivity index (χ0) is 11.5. The Labute approximate surface area is 88.0 Å². The van der Waals surface area contributed by atoms with Gasteiger partial charge in [0.05, 0.1) is 0 Å². The molecule has 0 aromatic heterocycles. The Hall–Kier alpha value is 0.560. The molecule has 0 spiro atoms. The SMILES string of the molecule is CCP(CC)(CC)(CC)O[Cl+3]([O-])([O-])[O-]. The molecule has 0 saturated heterocycles. The minimum atomic E-state index is -4.30. The first-order valence-corrected chi connectivity index (χ1v) is 9.02. The molecular weight excluding hydrogens is 227 g/mol. The van der Waals surface area contributed by atoms with E-state index in [2.05, 4.69) is 0 Å². The predicted molar refractivity (Wildman–Crippen MR) is 50.2 cm³/mol. The van der Waals surface area contributed by atoms with Gasteiger partial charge in [-0.15, -0.1) is 0 Å². The van der Waals surface area contributed by atoms with Crippen molar-refractivity contribution in [1.29, 1.82) is 0 Å². The zero-order valence-corrected chi connectivity index (χ0v) is 10.9. The van der Waals surface area contributed by atoms with Crippen molar-refractivity contribution in [1.82, 2.24) is 0 Å². The number of halogens is 1. The van der Waals surface area contributed by atoms with Crippen LogP contribution in [0, 0.1) is 10.2 Å². The van der Waals surface area contributed by atoms with Crippen molar-refractivity contribution in [3.8, 4) is 0 Å². The molecule has 0 amide bonds. The van der Waals surface area contributed by atoms with E-state index in [9.17, 15) is 14.0 Å². The molecule has 0 aliphatic rings. The van der Waals surface area contributed by atoms with Gasteiger partial charge in [0.25, 0.3) is 0 Å². The van der Waals surface area contributed by atoms with Crippen LogP contribution in [0.15, 0.2) is 0 Å². The minimum absolute atomic E-state index is 0.642. The van der Waals surface area contributed by atoms with E-state index < -0.39 is 17.1 Å². The molecule has 0 bridgehead atoms. The fourth-order valence-corrected chi connectivity index (χ4v) is 7.93.